The van der Waals surface area contributed by atoms with E-state index in [0.717, 1.165) is 0 Å². The number of hydrogen-bond acceptors (Lipinski definition) is 4. The van der Waals surface area contributed by atoms with Crippen LogP contribution in [0.5, 0.6) is 0 Å². The first-order valence-corrected chi connectivity index (χ1v) is 5.76. The van der Waals surface area contributed by atoms with Crippen LogP contribution in [0, 0.1) is 0 Å². The van der Waals surface area contributed by atoms with Crippen LogP contribution in [0.15, 0.2) is 45.6 Å². The van der Waals surface area contributed by atoms with Gasteiger partial charge in [-0.3, -0.25) is 4.90 Å². The SMILES string of the molecule is CCOC(=O)N(Cc1ccco1)Cc1ccco1. The van der Waals surface area contributed by atoms with E-state index in [0.29, 0.717) is 31.2 Å². The van der Waals surface area contributed by atoms with Crippen molar-refractivity contribution >= 4 is 6.09 Å². The fraction of sp³-hybridized carbons (Fsp3) is 0.308. The minimum absolute atomic E-state index is 0.339. The maximum absolute atomic E-state index is 11.8. The van der Waals surface area contributed by atoms with Gasteiger partial charge in [-0.15, -0.1) is 0 Å². The standard InChI is InChI=1S/C13H15NO4/c1-2-16-13(15)14(9-11-5-3-7-17-11)10-12-6-4-8-18-12/h3-8H,2,9-10H2,1H3. The van der Waals surface area contributed by atoms with Crippen molar-refractivity contribution in [2.45, 2.75) is 20.0 Å². The summed E-state index contributed by atoms with van der Waals surface area (Å²) in [5.74, 6) is 1.41. The Hall–Kier alpha value is -2.17. The number of furan rings is 2. The van der Waals surface area contributed by atoms with Gasteiger partial charge in [0, 0.05) is 0 Å². The second kappa shape index (κ2) is 5.95. The summed E-state index contributed by atoms with van der Waals surface area (Å²) >= 11 is 0. The second-order valence-corrected chi connectivity index (χ2v) is 3.71. The van der Waals surface area contributed by atoms with Crippen molar-refractivity contribution < 1.29 is 18.4 Å². The van der Waals surface area contributed by atoms with Crippen LogP contribution in [0.2, 0.25) is 0 Å². The van der Waals surface area contributed by atoms with Crippen LogP contribution in [0.1, 0.15) is 18.4 Å². The van der Waals surface area contributed by atoms with Crippen molar-refractivity contribution in [1.29, 1.82) is 0 Å². The van der Waals surface area contributed by atoms with E-state index in [2.05, 4.69) is 0 Å². The lowest BCUT2D eigenvalue weighted by Crippen LogP contribution is -2.30. The highest BCUT2D eigenvalue weighted by atomic mass is 16.6. The van der Waals surface area contributed by atoms with E-state index in [1.807, 2.05) is 12.1 Å². The molecule has 18 heavy (non-hydrogen) atoms. The maximum Gasteiger partial charge on any atom is 0.410 e. The fourth-order valence-corrected chi connectivity index (χ4v) is 1.58. The molecule has 0 aliphatic rings. The van der Waals surface area contributed by atoms with Gasteiger partial charge in [0.25, 0.3) is 0 Å². The van der Waals surface area contributed by atoms with Crippen LogP contribution < -0.4 is 0 Å². The molecule has 5 heteroatoms. The minimum Gasteiger partial charge on any atom is -0.467 e. The lowest BCUT2D eigenvalue weighted by atomic mass is 10.3. The molecule has 0 saturated heterocycles. The van der Waals surface area contributed by atoms with E-state index >= 15 is 0 Å². The van der Waals surface area contributed by atoms with Crippen LogP contribution in [-0.2, 0) is 17.8 Å². The van der Waals surface area contributed by atoms with Gasteiger partial charge in [-0.25, -0.2) is 4.79 Å². The molecule has 5 nitrogen and oxygen atoms in total. The van der Waals surface area contributed by atoms with E-state index < -0.39 is 0 Å². The van der Waals surface area contributed by atoms with Crippen molar-refractivity contribution in [3.8, 4) is 0 Å². The van der Waals surface area contributed by atoms with Crippen molar-refractivity contribution in [2.75, 3.05) is 6.61 Å². The van der Waals surface area contributed by atoms with Crippen molar-refractivity contribution in [2.24, 2.45) is 0 Å². The molecule has 2 heterocycles. The van der Waals surface area contributed by atoms with Crippen LogP contribution >= 0.6 is 0 Å². The molecule has 0 aliphatic carbocycles. The monoisotopic (exact) mass is 249 g/mol. The molecule has 0 N–H and O–H groups in total. The summed E-state index contributed by atoms with van der Waals surface area (Å²) in [5.41, 5.74) is 0. The number of hydrogen-bond donors (Lipinski definition) is 0. The molecule has 0 bridgehead atoms. The van der Waals surface area contributed by atoms with Gasteiger partial charge in [-0.1, -0.05) is 0 Å². The summed E-state index contributed by atoms with van der Waals surface area (Å²) in [4.78, 5) is 13.3. The quantitative estimate of drug-likeness (QED) is 0.817. The Morgan fingerprint density at radius 1 is 1.17 bits per heavy atom. The Bertz CT molecular complexity index is 425. The second-order valence-electron chi connectivity index (χ2n) is 3.71. The zero-order chi connectivity index (χ0) is 12.8. The summed E-state index contributed by atoms with van der Waals surface area (Å²) < 4.78 is 15.5. The largest absolute Gasteiger partial charge is 0.467 e. The molecule has 0 fully saturated rings. The Balaban J connectivity index is 2.04. The first-order valence-electron chi connectivity index (χ1n) is 5.76. The van der Waals surface area contributed by atoms with Gasteiger partial charge >= 0.3 is 6.09 Å². The zero-order valence-electron chi connectivity index (χ0n) is 10.2. The Kier molecular flexibility index (Phi) is 4.06. The third-order valence-electron chi connectivity index (χ3n) is 2.38. The molecule has 0 spiro atoms. The molecule has 2 rings (SSSR count). The Morgan fingerprint density at radius 3 is 2.11 bits per heavy atom. The summed E-state index contributed by atoms with van der Waals surface area (Å²) in [6.45, 7) is 2.82. The lowest BCUT2D eigenvalue weighted by molar-refractivity contribution is 0.0959. The zero-order valence-corrected chi connectivity index (χ0v) is 10.2. The van der Waals surface area contributed by atoms with Gasteiger partial charge in [0.05, 0.1) is 32.2 Å². The topological polar surface area (TPSA) is 55.8 Å². The predicted octanol–water partition coefficient (Wildman–Crippen LogP) is 3.03. The highest BCUT2D eigenvalue weighted by Gasteiger charge is 2.17. The van der Waals surface area contributed by atoms with E-state index in [1.54, 1.807) is 31.6 Å². The number of ether oxygens (including phenoxy) is 1. The van der Waals surface area contributed by atoms with E-state index in [4.69, 9.17) is 13.6 Å². The summed E-state index contributed by atoms with van der Waals surface area (Å²) in [6, 6.07) is 7.19. The highest BCUT2D eigenvalue weighted by Crippen LogP contribution is 2.12. The number of carbonyl (C=O) groups excluding carboxylic acids is 1. The van der Waals surface area contributed by atoms with Gasteiger partial charge in [-0.2, -0.15) is 0 Å². The molecule has 0 aromatic carbocycles. The molecular formula is C13H15NO4. The molecule has 2 aromatic heterocycles. The Labute approximate surface area is 105 Å². The predicted molar refractivity (Wildman–Crippen MR) is 63.7 cm³/mol. The fourth-order valence-electron chi connectivity index (χ4n) is 1.58. The summed E-state index contributed by atoms with van der Waals surface area (Å²) in [6.07, 6.45) is 2.77. The maximum atomic E-state index is 11.8. The van der Waals surface area contributed by atoms with Crippen LogP contribution in [0.4, 0.5) is 4.79 Å². The normalized spacial score (nSPS) is 10.3. The van der Waals surface area contributed by atoms with Crippen LogP contribution in [0.3, 0.4) is 0 Å². The third kappa shape index (κ3) is 3.16. The van der Waals surface area contributed by atoms with Crippen LogP contribution in [0.25, 0.3) is 0 Å². The third-order valence-corrected chi connectivity index (χ3v) is 2.38. The average molecular weight is 249 g/mol. The molecule has 2 aromatic rings. The first-order chi connectivity index (χ1) is 8.79. The number of rotatable bonds is 5. The first kappa shape index (κ1) is 12.3. The smallest absolute Gasteiger partial charge is 0.410 e. The van der Waals surface area contributed by atoms with Gasteiger partial charge < -0.3 is 13.6 Å². The molecule has 0 atom stereocenters. The van der Waals surface area contributed by atoms with E-state index in [1.165, 1.54) is 4.90 Å². The molecule has 0 unspecified atom stereocenters. The summed E-state index contributed by atoms with van der Waals surface area (Å²) in [5, 5.41) is 0. The molecule has 96 valence electrons. The molecule has 0 aliphatic heterocycles. The molecule has 1 amide bonds. The lowest BCUT2D eigenvalue weighted by Gasteiger charge is -2.19. The van der Waals surface area contributed by atoms with Gasteiger partial charge in [0.1, 0.15) is 11.5 Å². The number of amides is 1. The summed E-state index contributed by atoms with van der Waals surface area (Å²) in [7, 11) is 0. The van der Waals surface area contributed by atoms with E-state index in [-0.39, 0.29) is 6.09 Å². The minimum atomic E-state index is -0.384. The molecule has 0 radical (unpaired) electrons. The van der Waals surface area contributed by atoms with Crippen LogP contribution in [-0.4, -0.2) is 17.6 Å². The molecular weight excluding hydrogens is 234 g/mol. The van der Waals surface area contributed by atoms with Gasteiger partial charge in [0.2, 0.25) is 0 Å². The number of nitrogens with zero attached hydrogens (tertiary/aromatic N) is 1. The van der Waals surface area contributed by atoms with Gasteiger partial charge in [0.15, 0.2) is 0 Å². The Morgan fingerprint density at radius 2 is 1.72 bits per heavy atom. The van der Waals surface area contributed by atoms with Gasteiger partial charge in [-0.05, 0) is 31.2 Å². The average Bonchev–Trinajstić information content (AvgIpc) is 3.01. The molecule has 0 saturated carbocycles. The van der Waals surface area contributed by atoms with Crippen molar-refractivity contribution in [3.63, 3.8) is 0 Å². The number of carbonyl (C=O) groups is 1. The van der Waals surface area contributed by atoms with Crippen molar-refractivity contribution in [1.82, 2.24) is 4.90 Å². The van der Waals surface area contributed by atoms with Crippen molar-refractivity contribution in [3.05, 3.63) is 48.3 Å². The highest BCUT2D eigenvalue weighted by molar-refractivity contribution is 5.67. The van der Waals surface area contributed by atoms with E-state index in [9.17, 15) is 4.79 Å².